The molecule has 0 aliphatic carbocycles. The molecule has 0 saturated carbocycles. The molecule has 1 heterocycles. The van der Waals surface area contributed by atoms with Crippen molar-refractivity contribution in [2.24, 2.45) is 5.92 Å². The highest BCUT2D eigenvalue weighted by molar-refractivity contribution is 6.03. The average molecular weight is 374 g/mol. The first-order valence-electron chi connectivity index (χ1n) is 8.71. The number of amides is 2. The molecule has 0 aromatic heterocycles. The van der Waals surface area contributed by atoms with Gasteiger partial charge < -0.3 is 15.0 Å². The number of aryl methyl sites for hydroxylation is 1. The van der Waals surface area contributed by atoms with Crippen molar-refractivity contribution in [3.63, 3.8) is 0 Å². The van der Waals surface area contributed by atoms with Crippen LogP contribution in [0.1, 0.15) is 18.9 Å². The monoisotopic (exact) mass is 374 g/mol. The largest absolute Gasteiger partial charge is 0.435 e. The van der Waals surface area contributed by atoms with E-state index in [1.54, 1.807) is 11.0 Å². The highest BCUT2D eigenvalue weighted by Gasteiger charge is 2.35. The van der Waals surface area contributed by atoms with Gasteiger partial charge >= 0.3 is 6.61 Å². The van der Waals surface area contributed by atoms with Crippen LogP contribution in [0.2, 0.25) is 0 Å². The molecule has 1 atom stereocenters. The lowest BCUT2D eigenvalue weighted by atomic mass is 10.1. The molecule has 27 heavy (non-hydrogen) atoms. The van der Waals surface area contributed by atoms with Crippen molar-refractivity contribution in [2.45, 2.75) is 26.4 Å². The maximum atomic E-state index is 12.5. The molecule has 1 aliphatic rings. The van der Waals surface area contributed by atoms with Crippen molar-refractivity contribution in [2.75, 3.05) is 16.8 Å². The lowest BCUT2D eigenvalue weighted by Gasteiger charge is -2.17. The van der Waals surface area contributed by atoms with Gasteiger partial charge in [0.15, 0.2) is 0 Å². The van der Waals surface area contributed by atoms with E-state index in [1.807, 2.05) is 24.3 Å². The van der Waals surface area contributed by atoms with Crippen LogP contribution in [0, 0.1) is 5.92 Å². The zero-order valence-corrected chi connectivity index (χ0v) is 14.8. The van der Waals surface area contributed by atoms with Crippen LogP contribution in [-0.2, 0) is 16.0 Å². The van der Waals surface area contributed by atoms with Gasteiger partial charge in [0.1, 0.15) is 5.75 Å². The number of hydrogen-bond acceptors (Lipinski definition) is 3. The summed E-state index contributed by atoms with van der Waals surface area (Å²) < 4.78 is 28.9. The number of carbonyl (C=O) groups excluding carboxylic acids is 2. The summed E-state index contributed by atoms with van der Waals surface area (Å²) in [6, 6.07) is 13.5. The van der Waals surface area contributed by atoms with E-state index in [9.17, 15) is 18.4 Å². The van der Waals surface area contributed by atoms with Crippen LogP contribution < -0.4 is 15.0 Å². The van der Waals surface area contributed by atoms with Gasteiger partial charge in [0, 0.05) is 30.4 Å². The smallest absolute Gasteiger partial charge is 0.387 e. The van der Waals surface area contributed by atoms with Crippen LogP contribution in [0.5, 0.6) is 5.75 Å². The van der Waals surface area contributed by atoms with Crippen LogP contribution in [0.15, 0.2) is 48.5 Å². The van der Waals surface area contributed by atoms with Crippen molar-refractivity contribution >= 4 is 23.2 Å². The lowest BCUT2D eigenvalue weighted by Crippen LogP contribution is -2.28. The molecule has 1 saturated heterocycles. The van der Waals surface area contributed by atoms with Gasteiger partial charge in [-0.2, -0.15) is 8.78 Å². The summed E-state index contributed by atoms with van der Waals surface area (Å²) >= 11 is 0. The van der Waals surface area contributed by atoms with Crippen LogP contribution in [0.3, 0.4) is 0 Å². The Bertz CT molecular complexity index is 824. The second-order valence-electron chi connectivity index (χ2n) is 6.32. The van der Waals surface area contributed by atoms with E-state index in [2.05, 4.69) is 17.0 Å². The van der Waals surface area contributed by atoms with Crippen molar-refractivity contribution in [3.05, 3.63) is 54.1 Å². The molecule has 1 aliphatic heterocycles. The van der Waals surface area contributed by atoms with Crippen LogP contribution in [0.25, 0.3) is 0 Å². The number of benzene rings is 2. The number of ether oxygens (including phenoxy) is 1. The second-order valence-corrected chi connectivity index (χ2v) is 6.32. The van der Waals surface area contributed by atoms with Crippen molar-refractivity contribution in [3.8, 4) is 5.75 Å². The molecule has 1 N–H and O–H groups in total. The third-order valence-electron chi connectivity index (χ3n) is 4.48. The number of anilines is 2. The predicted octanol–water partition coefficient (Wildman–Crippen LogP) is 3.84. The van der Waals surface area contributed by atoms with Crippen LogP contribution in [-0.4, -0.2) is 25.0 Å². The first-order chi connectivity index (χ1) is 13.0. The number of alkyl halides is 2. The minimum atomic E-state index is -2.93. The molecular weight excluding hydrogens is 354 g/mol. The minimum Gasteiger partial charge on any atom is -0.435 e. The number of nitrogens with one attached hydrogen (secondary N) is 1. The maximum absolute atomic E-state index is 12.5. The fourth-order valence-electron chi connectivity index (χ4n) is 3.04. The number of carbonyl (C=O) groups is 2. The first-order valence-corrected chi connectivity index (χ1v) is 8.71. The van der Waals surface area contributed by atoms with Gasteiger partial charge in [0.25, 0.3) is 0 Å². The van der Waals surface area contributed by atoms with Crippen molar-refractivity contribution in [1.29, 1.82) is 0 Å². The van der Waals surface area contributed by atoms with Gasteiger partial charge in [-0.1, -0.05) is 25.1 Å². The Balaban J connectivity index is 1.65. The Kier molecular flexibility index (Phi) is 5.69. The predicted molar refractivity (Wildman–Crippen MR) is 98.0 cm³/mol. The van der Waals surface area contributed by atoms with Gasteiger partial charge in [0.2, 0.25) is 11.8 Å². The molecule has 2 amide bonds. The lowest BCUT2D eigenvalue weighted by molar-refractivity contribution is -0.122. The summed E-state index contributed by atoms with van der Waals surface area (Å²) in [5.41, 5.74) is 2.28. The standard InChI is InChI=1S/C20H20F2N2O3/c1-2-13-6-8-16(9-7-13)24-12-14(10-18(24)25)19(26)23-15-4-3-5-17(11-15)27-20(21)22/h3-9,11,14,20H,2,10,12H2,1H3,(H,23,26). The average Bonchev–Trinajstić information content (AvgIpc) is 3.03. The third-order valence-corrected chi connectivity index (χ3v) is 4.48. The summed E-state index contributed by atoms with van der Waals surface area (Å²) in [4.78, 5) is 26.4. The van der Waals surface area contributed by atoms with Crippen LogP contribution in [0.4, 0.5) is 20.2 Å². The van der Waals surface area contributed by atoms with Gasteiger partial charge in [0.05, 0.1) is 5.92 Å². The van der Waals surface area contributed by atoms with Crippen LogP contribution >= 0.6 is 0 Å². The van der Waals surface area contributed by atoms with Gasteiger partial charge in [-0.3, -0.25) is 9.59 Å². The minimum absolute atomic E-state index is 0.0389. The van der Waals surface area contributed by atoms with Crippen molar-refractivity contribution in [1.82, 2.24) is 0 Å². The van der Waals surface area contributed by atoms with E-state index in [0.717, 1.165) is 12.1 Å². The normalized spacial score (nSPS) is 16.7. The van der Waals surface area contributed by atoms with E-state index in [4.69, 9.17) is 0 Å². The molecule has 1 unspecified atom stereocenters. The molecule has 5 nitrogen and oxygen atoms in total. The zero-order chi connectivity index (χ0) is 19.4. The maximum Gasteiger partial charge on any atom is 0.387 e. The molecule has 0 bridgehead atoms. The summed E-state index contributed by atoms with van der Waals surface area (Å²) in [5.74, 6) is -0.995. The Hall–Kier alpha value is -2.96. The molecule has 2 aromatic rings. The SMILES string of the molecule is CCc1ccc(N2CC(C(=O)Nc3cccc(OC(F)F)c3)CC2=O)cc1. The van der Waals surface area contributed by atoms with Gasteiger partial charge in [-0.05, 0) is 36.2 Å². The summed E-state index contributed by atoms with van der Waals surface area (Å²) in [5, 5.41) is 2.67. The molecule has 1 fully saturated rings. The van der Waals surface area contributed by atoms with E-state index < -0.39 is 12.5 Å². The number of hydrogen-bond donors (Lipinski definition) is 1. The Morgan fingerprint density at radius 3 is 2.67 bits per heavy atom. The van der Waals surface area contributed by atoms with E-state index in [-0.39, 0.29) is 30.5 Å². The molecule has 7 heteroatoms. The number of nitrogens with zero attached hydrogens (tertiary/aromatic N) is 1. The number of halogens is 2. The Labute approximate surface area is 155 Å². The van der Waals surface area contributed by atoms with Gasteiger partial charge in [-0.15, -0.1) is 0 Å². The van der Waals surface area contributed by atoms with E-state index >= 15 is 0 Å². The van der Waals surface area contributed by atoms with Gasteiger partial charge in [-0.25, -0.2) is 0 Å². The summed E-state index contributed by atoms with van der Waals surface area (Å²) in [6.45, 7) is -0.600. The van der Waals surface area contributed by atoms with Crippen molar-refractivity contribution < 1.29 is 23.1 Å². The Morgan fingerprint density at radius 1 is 1.26 bits per heavy atom. The molecule has 0 radical (unpaired) electrons. The highest BCUT2D eigenvalue weighted by atomic mass is 19.3. The highest BCUT2D eigenvalue weighted by Crippen LogP contribution is 2.27. The number of rotatable bonds is 6. The third kappa shape index (κ3) is 4.61. The second kappa shape index (κ2) is 8.16. The van der Waals surface area contributed by atoms with E-state index in [1.165, 1.54) is 23.8 Å². The molecular formula is C20H20F2N2O3. The summed E-state index contributed by atoms with van der Waals surface area (Å²) in [7, 11) is 0. The molecule has 3 rings (SSSR count). The fourth-order valence-corrected chi connectivity index (χ4v) is 3.04. The molecule has 2 aromatic carbocycles. The Morgan fingerprint density at radius 2 is 2.00 bits per heavy atom. The van der Waals surface area contributed by atoms with E-state index in [0.29, 0.717) is 5.69 Å². The quantitative estimate of drug-likeness (QED) is 0.836. The molecule has 0 spiro atoms. The molecule has 142 valence electrons. The summed E-state index contributed by atoms with van der Waals surface area (Å²) in [6.07, 6.45) is 1.02. The zero-order valence-electron chi connectivity index (χ0n) is 14.8. The fraction of sp³-hybridized carbons (Fsp3) is 0.300. The topological polar surface area (TPSA) is 58.6 Å². The first kappa shape index (κ1) is 18.8.